The molecule has 3 aromatic carbocycles. The van der Waals surface area contributed by atoms with Crippen LogP contribution in [0.5, 0.6) is 11.5 Å². The first kappa shape index (κ1) is 14.4. The average Bonchev–Trinajstić information content (AvgIpc) is 2.87. The van der Waals surface area contributed by atoms with Crippen molar-refractivity contribution in [3.05, 3.63) is 58.6 Å². The van der Waals surface area contributed by atoms with E-state index in [1.54, 1.807) is 14.2 Å². The molecule has 0 heterocycles. The number of benzene rings is 3. The summed E-state index contributed by atoms with van der Waals surface area (Å²) in [5.74, 6) is 2.02. The number of methoxy groups -OCH3 is 2. The molecule has 3 aromatic rings. The minimum absolute atomic E-state index is 0.295. The van der Waals surface area contributed by atoms with E-state index in [2.05, 4.69) is 25.1 Å². The summed E-state index contributed by atoms with van der Waals surface area (Å²) in [4.78, 5) is 0. The van der Waals surface area contributed by atoms with Crippen molar-refractivity contribution >= 4 is 22.4 Å². The Hall–Kier alpha value is -2.19. The summed E-state index contributed by atoms with van der Waals surface area (Å²) in [6, 6.07) is 14.5. The lowest BCUT2D eigenvalue weighted by molar-refractivity contribution is 0.414. The molecular weight excluding hydrogens is 308 g/mol. The van der Waals surface area contributed by atoms with Crippen LogP contribution < -0.4 is 9.47 Å². The Kier molecular flexibility index (Phi) is 3.24. The normalized spacial score (nSPS) is 15.4. The van der Waals surface area contributed by atoms with Crippen LogP contribution >= 0.6 is 11.6 Å². The van der Waals surface area contributed by atoms with E-state index in [-0.39, 0.29) is 0 Å². The molecule has 1 unspecified atom stereocenters. The molecule has 3 heteroatoms. The molecule has 1 aliphatic carbocycles. The van der Waals surface area contributed by atoms with Crippen LogP contribution in [-0.2, 0) is 0 Å². The fourth-order valence-corrected chi connectivity index (χ4v) is 3.91. The Morgan fingerprint density at radius 3 is 2.30 bits per heavy atom. The van der Waals surface area contributed by atoms with Gasteiger partial charge in [0.25, 0.3) is 0 Å². The summed E-state index contributed by atoms with van der Waals surface area (Å²) in [5, 5.41) is 2.98. The number of fused-ring (bicyclic) bond motifs is 4. The molecule has 116 valence electrons. The average molecular weight is 325 g/mol. The van der Waals surface area contributed by atoms with Gasteiger partial charge in [-0.2, -0.15) is 0 Å². The van der Waals surface area contributed by atoms with Crippen molar-refractivity contribution in [1.82, 2.24) is 0 Å². The topological polar surface area (TPSA) is 18.5 Å². The Morgan fingerprint density at radius 1 is 0.870 bits per heavy atom. The van der Waals surface area contributed by atoms with E-state index in [1.807, 2.05) is 24.3 Å². The van der Waals surface area contributed by atoms with Crippen molar-refractivity contribution in [2.75, 3.05) is 14.2 Å². The van der Waals surface area contributed by atoms with E-state index in [4.69, 9.17) is 21.1 Å². The number of halogens is 1. The number of ether oxygens (including phenoxy) is 2. The highest BCUT2D eigenvalue weighted by Crippen LogP contribution is 2.51. The smallest absolute Gasteiger partial charge is 0.119 e. The third-order valence-corrected chi connectivity index (χ3v) is 5.17. The van der Waals surface area contributed by atoms with Crippen molar-refractivity contribution in [3.63, 3.8) is 0 Å². The molecule has 0 bridgehead atoms. The monoisotopic (exact) mass is 324 g/mol. The van der Waals surface area contributed by atoms with Gasteiger partial charge in [-0.05, 0) is 58.5 Å². The van der Waals surface area contributed by atoms with Gasteiger partial charge in [-0.1, -0.05) is 24.6 Å². The maximum Gasteiger partial charge on any atom is 0.119 e. The van der Waals surface area contributed by atoms with Gasteiger partial charge in [0.1, 0.15) is 11.5 Å². The third-order valence-electron chi connectivity index (χ3n) is 4.78. The van der Waals surface area contributed by atoms with Crippen LogP contribution in [0, 0.1) is 0 Å². The quantitative estimate of drug-likeness (QED) is 0.607. The summed E-state index contributed by atoms with van der Waals surface area (Å²) in [5.41, 5.74) is 4.88. The van der Waals surface area contributed by atoms with Gasteiger partial charge in [-0.15, -0.1) is 0 Å². The van der Waals surface area contributed by atoms with Crippen LogP contribution in [0.1, 0.15) is 24.0 Å². The number of hydrogen-bond acceptors (Lipinski definition) is 2. The van der Waals surface area contributed by atoms with Crippen molar-refractivity contribution in [1.29, 1.82) is 0 Å². The highest BCUT2D eigenvalue weighted by atomic mass is 35.5. The first-order valence-electron chi connectivity index (χ1n) is 7.62. The van der Waals surface area contributed by atoms with Crippen LogP contribution in [0.25, 0.3) is 21.9 Å². The molecule has 0 fully saturated rings. The SMILES string of the molecule is COc1ccc2c(c1)C(C)c1cc3cc(OC)ccc3c(Cl)c1-2. The molecule has 1 atom stereocenters. The number of hydrogen-bond donors (Lipinski definition) is 0. The van der Waals surface area contributed by atoms with Crippen LogP contribution in [0.4, 0.5) is 0 Å². The lowest BCUT2D eigenvalue weighted by atomic mass is 9.96. The molecule has 0 N–H and O–H groups in total. The van der Waals surface area contributed by atoms with E-state index in [0.29, 0.717) is 5.92 Å². The first-order chi connectivity index (χ1) is 11.1. The largest absolute Gasteiger partial charge is 0.497 e. The van der Waals surface area contributed by atoms with Crippen LogP contribution in [0.2, 0.25) is 5.02 Å². The van der Waals surface area contributed by atoms with Crippen LogP contribution in [0.15, 0.2) is 42.5 Å². The summed E-state index contributed by atoms with van der Waals surface area (Å²) in [6.45, 7) is 2.21. The Labute approximate surface area is 140 Å². The maximum atomic E-state index is 6.78. The summed E-state index contributed by atoms with van der Waals surface area (Å²) >= 11 is 6.78. The summed E-state index contributed by atoms with van der Waals surface area (Å²) < 4.78 is 10.7. The highest BCUT2D eigenvalue weighted by Gasteiger charge is 2.29. The second-order valence-electron chi connectivity index (χ2n) is 5.92. The standard InChI is InChI=1S/C20H17ClO2/c1-11-17-10-14(23-3)5-7-16(17)19-18(11)9-12-8-13(22-2)4-6-15(12)20(19)21/h4-11H,1-3H3. The van der Waals surface area contributed by atoms with Gasteiger partial charge >= 0.3 is 0 Å². The molecule has 0 radical (unpaired) electrons. The predicted octanol–water partition coefficient (Wildman–Crippen LogP) is 5.64. The fourth-order valence-electron chi connectivity index (χ4n) is 3.52. The van der Waals surface area contributed by atoms with Crippen molar-refractivity contribution < 1.29 is 9.47 Å². The fraction of sp³-hybridized carbons (Fsp3) is 0.200. The van der Waals surface area contributed by atoms with Crippen LogP contribution in [-0.4, -0.2) is 14.2 Å². The van der Waals surface area contributed by atoms with E-state index in [0.717, 1.165) is 32.9 Å². The molecule has 23 heavy (non-hydrogen) atoms. The van der Waals surface area contributed by atoms with Gasteiger partial charge in [-0.3, -0.25) is 0 Å². The Bertz CT molecular complexity index is 931. The van der Waals surface area contributed by atoms with Gasteiger partial charge in [0.2, 0.25) is 0 Å². The van der Waals surface area contributed by atoms with Crippen LogP contribution in [0.3, 0.4) is 0 Å². The molecule has 0 saturated heterocycles. The van der Waals surface area contributed by atoms with Gasteiger partial charge in [-0.25, -0.2) is 0 Å². The molecule has 1 aliphatic rings. The van der Waals surface area contributed by atoms with E-state index < -0.39 is 0 Å². The Balaban J connectivity index is 2.02. The lowest BCUT2D eigenvalue weighted by Gasteiger charge is -2.11. The molecule has 0 aliphatic heterocycles. The predicted molar refractivity (Wildman–Crippen MR) is 95.0 cm³/mol. The molecule has 0 amide bonds. The molecular formula is C20H17ClO2. The zero-order chi connectivity index (χ0) is 16.1. The molecule has 0 spiro atoms. The maximum absolute atomic E-state index is 6.78. The van der Waals surface area contributed by atoms with Crippen molar-refractivity contribution in [2.45, 2.75) is 12.8 Å². The minimum Gasteiger partial charge on any atom is -0.497 e. The van der Waals surface area contributed by atoms with E-state index >= 15 is 0 Å². The van der Waals surface area contributed by atoms with Gasteiger partial charge in [0, 0.05) is 16.9 Å². The molecule has 2 nitrogen and oxygen atoms in total. The number of rotatable bonds is 2. The van der Waals surface area contributed by atoms with E-state index in [1.165, 1.54) is 16.7 Å². The second-order valence-corrected chi connectivity index (χ2v) is 6.29. The molecule has 0 aromatic heterocycles. The summed E-state index contributed by atoms with van der Waals surface area (Å²) in [7, 11) is 3.38. The third kappa shape index (κ3) is 2.02. The first-order valence-corrected chi connectivity index (χ1v) is 8.00. The summed E-state index contributed by atoms with van der Waals surface area (Å²) in [6.07, 6.45) is 0. The van der Waals surface area contributed by atoms with Crippen molar-refractivity contribution in [3.8, 4) is 22.6 Å². The second kappa shape index (κ2) is 5.17. The van der Waals surface area contributed by atoms with Gasteiger partial charge < -0.3 is 9.47 Å². The highest BCUT2D eigenvalue weighted by molar-refractivity contribution is 6.39. The Morgan fingerprint density at radius 2 is 1.57 bits per heavy atom. The lowest BCUT2D eigenvalue weighted by Crippen LogP contribution is -1.91. The molecule has 0 saturated carbocycles. The van der Waals surface area contributed by atoms with Gasteiger partial charge in [0.05, 0.1) is 19.2 Å². The zero-order valence-corrected chi connectivity index (χ0v) is 14.1. The van der Waals surface area contributed by atoms with E-state index in [9.17, 15) is 0 Å². The van der Waals surface area contributed by atoms with Crippen molar-refractivity contribution in [2.24, 2.45) is 0 Å². The zero-order valence-electron chi connectivity index (χ0n) is 13.3. The minimum atomic E-state index is 0.295. The molecule has 4 rings (SSSR count). The van der Waals surface area contributed by atoms with Gasteiger partial charge in [0.15, 0.2) is 0 Å².